The fraction of sp³-hybridized carbons (Fsp3) is 1.00. The maximum atomic E-state index is 12.0. The molecule has 12 heavy (non-hydrogen) atoms. The maximum Gasteiger partial charge on any atom is 0.389 e. The van der Waals surface area contributed by atoms with Gasteiger partial charge in [0.1, 0.15) is 0 Å². The molecule has 0 saturated carbocycles. The van der Waals surface area contributed by atoms with Crippen molar-refractivity contribution in [3.63, 3.8) is 0 Å². The van der Waals surface area contributed by atoms with E-state index < -0.39 is 12.6 Å². The predicted molar refractivity (Wildman–Crippen MR) is 44.0 cm³/mol. The number of hydrogen-bond acceptors (Lipinski definition) is 0. The van der Waals surface area contributed by atoms with Crippen molar-refractivity contribution in [3.8, 4) is 0 Å². The molecule has 0 spiro atoms. The van der Waals surface area contributed by atoms with Crippen LogP contribution in [-0.2, 0) is 0 Å². The normalized spacial score (nSPS) is 12.5. The fourth-order valence-corrected chi connectivity index (χ4v) is 1.49. The van der Waals surface area contributed by atoms with Gasteiger partial charge < -0.3 is 0 Å². The van der Waals surface area contributed by atoms with E-state index in [-0.39, 0.29) is 5.92 Å². The van der Waals surface area contributed by atoms with Gasteiger partial charge in [-0.2, -0.15) is 13.2 Å². The maximum absolute atomic E-state index is 12.0. The summed E-state index contributed by atoms with van der Waals surface area (Å²) in [5.41, 5.74) is 0. The number of hydrogen-bond donors (Lipinski definition) is 0. The molecule has 0 aromatic heterocycles. The van der Waals surface area contributed by atoms with E-state index in [4.69, 9.17) is 0 Å². The van der Waals surface area contributed by atoms with E-state index in [2.05, 4.69) is 0 Å². The standard InChI is InChI=1S/C9H17F3/c1-3-5-8(6-4-2)7-9(10,11)12/h8H,3-7H2,1-2H3. The van der Waals surface area contributed by atoms with Crippen molar-refractivity contribution in [1.29, 1.82) is 0 Å². The van der Waals surface area contributed by atoms with Gasteiger partial charge in [0.05, 0.1) is 0 Å². The Balaban J connectivity index is 3.77. The Morgan fingerprint density at radius 3 is 1.67 bits per heavy atom. The summed E-state index contributed by atoms with van der Waals surface area (Å²) in [6, 6.07) is 0. The molecule has 0 aliphatic heterocycles. The van der Waals surface area contributed by atoms with E-state index in [1.54, 1.807) is 0 Å². The highest BCUT2D eigenvalue weighted by Crippen LogP contribution is 2.29. The van der Waals surface area contributed by atoms with Gasteiger partial charge in [-0.3, -0.25) is 0 Å². The molecule has 0 aromatic carbocycles. The second-order valence-electron chi connectivity index (χ2n) is 3.26. The Kier molecular flexibility index (Phi) is 5.34. The second-order valence-corrected chi connectivity index (χ2v) is 3.26. The summed E-state index contributed by atoms with van der Waals surface area (Å²) in [7, 11) is 0. The first-order valence-electron chi connectivity index (χ1n) is 4.56. The summed E-state index contributed by atoms with van der Waals surface area (Å²) < 4.78 is 35.9. The quantitative estimate of drug-likeness (QED) is 0.599. The topological polar surface area (TPSA) is 0 Å². The lowest BCUT2D eigenvalue weighted by Crippen LogP contribution is -2.14. The average molecular weight is 182 g/mol. The van der Waals surface area contributed by atoms with Crippen LogP contribution in [0.5, 0.6) is 0 Å². The Hall–Kier alpha value is -0.210. The Labute approximate surface area is 72.2 Å². The lowest BCUT2D eigenvalue weighted by atomic mass is 9.95. The zero-order valence-electron chi connectivity index (χ0n) is 7.75. The average Bonchev–Trinajstić information content (AvgIpc) is 1.84. The van der Waals surface area contributed by atoms with Crippen LogP contribution in [0.2, 0.25) is 0 Å². The van der Waals surface area contributed by atoms with Gasteiger partial charge in [-0.15, -0.1) is 0 Å². The van der Waals surface area contributed by atoms with Gasteiger partial charge in [0, 0.05) is 6.42 Å². The minimum atomic E-state index is -3.98. The van der Waals surface area contributed by atoms with Crippen LogP contribution in [-0.4, -0.2) is 6.18 Å². The number of rotatable bonds is 5. The van der Waals surface area contributed by atoms with Crippen LogP contribution in [0.1, 0.15) is 46.0 Å². The molecule has 0 aliphatic rings. The SMILES string of the molecule is CCCC(CCC)CC(F)(F)F. The summed E-state index contributed by atoms with van der Waals surface area (Å²) >= 11 is 0. The second kappa shape index (κ2) is 5.44. The van der Waals surface area contributed by atoms with Gasteiger partial charge in [0.15, 0.2) is 0 Å². The van der Waals surface area contributed by atoms with Crippen LogP contribution in [0.4, 0.5) is 13.2 Å². The molecule has 3 heteroatoms. The van der Waals surface area contributed by atoms with Crippen molar-refractivity contribution in [2.45, 2.75) is 52.1 Å². The molecule has 0 saturated heterocycles. The summed E-state index contributed by atoms with van der Waals surface area (Å²) in [6.45, 7) is 3.86. The van der Waals surface area contributed by atoms with Crippen LogP contribution in [0.3, 0.4) is 0 Å². The van der Waals surface area contributed by atoms with Crippen molar-refractivity contribution in [2.75, 3.05) is 0 Å². The zero-order valence-corrected chi connectivity index (χ0v) is 7.75. The highest BCUT2D eigenvalue weighted by atomic mass is 19.4. The Morgan fingerprint density at radius 1 is 1.00 bits per heavy atom. The van der Waals surface area contributed by atoms with Gasteiger partial charge in [-0.25, -0.2) is 0 Å². The molecule has 0 atom stereocenters. The van der Waals surface area contributed by atoms with E-state index in [0.717, 1.165) is 12.8 Å². The molecule has 0 nitrogen and oxygen atoms in total. The van der Waals surface area contributed by atoms with Gasteiger partial charge >= 0.3 is 6.18 Å². The Morgan fingerprint density at radius 2 is 1.42 bits per heavy atom. The first-order chi connectivity index (χ1) is 5.49. The van der Waals surface area contributed by atoms with Gasteiger partial charge in [0.2, 0.25) is 0 Å². The molecule has 0 rings (SSSR count). The zero-order chi connectivity index (χ0) is 9.61. The number of alkyl halides is 3. The van der Waals surface area contributed by atoms with E-state index in [1.165, 1.54) is 0 Å². The minimum absolute atomic E-state index is 0.153. The molecular weight excluding hydrogens is 165 g/mol. The van der Waals surface area contributed by atoms with E-state index in [1.807, 2.05) is 13.8 Å². The van der Waals surface area contributed by atoms with Crippen LogP contribution < -0.4 is 0 Å². The monoisotopic (exact) mass is 182 g/mol. The van der Waals surface area contributed by atoms with Gasteiger partial charge in [-0.1, -0.05) is 39.5 Å². The molecular formula is C9H17F3. The molecule has 74 valence electrons. The molecule has 0 N–H and O–H groups in total. The predicted octanol–water partition coefficient (Wildman–Crippen LogP) is 4.16. The summed E-state index contributed by atoms with van der Waals surface area (Å²) in [5, 5.41) is 0. The molecule has 0 heterocycles. The number of halogens is 3. The molecule has 0 bridgehead atoms. The highest BCUT2D eigenvalue weighted by Gasteiger charge is 2.30. The lowest BCUT2D eigenvalue weighted by molar-refractivity contribution is -0.145. The third kappa shape index (κ3) is 6.50. The third-order valence-corrected chi connectivity index (χ3v) is 1.91. The van der Waals surface area contributed by atoms with Crippen molar-refractivity contribution >= 4 is 0 Å². The van der Waals surface area contributed by atoms with E-state index in [0.29, 0.717) is 12.8 Å². The summed E-state index contributed by atoms with van der Waals surface area (Å²) in [5.74, 6) is -0.153. The van der Waals surface area contributed by atoms with Crippen LogP contribution in [0, 0.1) is 5.92 Å². The van der Waals surface area contributed by atoms with Crippen LogP contribution in [0.25, 0.3) is 0 Å². The molecule has 0 unspecified atom stereocenters. The first-order valence-corrected chi connectivity index (χ1v) is 4.56. The molecule has 0 fully saturated rings. The molecule has 0 radical (unpaired) electrons. The van der Waals surface area contributed by atoms with E-state index in [9.17, 15) is 13.2 Å². The van der Waals surface area contributed by atoms with Gasteiger partial charge in [0.25, 0.3) is 0 Å². The largest absolute Gasteiger partial charge is 0.389 e. The van der Waals surface area contributed by atoms with Crippen molar-refractivity contribution in [2.24, 2.45) is 5.92 Å². The minimum Gasteiger partial charge on any atom is -0.171 e. The van der Waals surface area contributed by atoms with Crippen molar-refractivity contribution in [1.82, 2.24) is 0 Å². The Bertz CT molecular complexity index is 101. The molecule has 0 aromatic rings. The van der Waals surface area contributed by atoms with E-state index >= 15 is 0 Å². The van der Waals surface area contributed by atoms with Crippen molar-refractivity contribution in [3.05, 3.63) is 0 Å². The first kappa shape index (κ1) is 11.8. The summed E-state index contributed by atoms with van der Waals surface area (Å²) in [6.07, 6.45) is -1.48. The lowest BCUT2D eigenvalue weighted by Gasteiger charge is -2.16. The molecule has 0 aliphatic carbocycles. The van der Waals surface area contributed by atoms with Crippen molar-refractivity contribution < 1.29 is 13.2 Å². The highest BCUT2D eigenvalue weighted by molar-refractivity contribution is 4.63. The fourth-order valence-electron chi connectivity index (χ4n) is 1.49. The summed E-state index contributed by atoms with van der Waals surface area (Å²) in [4.78, 5) is 0. The van der Waals surface area contributed by atoms with Gasteiger partial charge in [-0.05, 0) is 5.92 Å². The smallest absolute Gasteiger partial charge is 0.171 e. The molecule has 0 amide bonds. The van der Waals surface area contributed by atoms with Crippen LogP contribution >= 0.6 is 0 Å². The van der Waals surface area contributed by atoms with Crippen LogP contribution in [0.15, 0.2) is 0 Å². The third-order valence-electron chi connectivity index (χ3n) is 1.91.